The molecule has 4 rings (SSSR count). The highest BCUT2D eigenvalue weighted by Crippen LogP contribution is 2.29. The molecule has 0 saturated carbocycles. The van der Waals surface area contributed by atoms with Crippen LogP contribution in [0.1, 0.15) is 34.3 Å². The molecule has 8 heteroatoms. The van der Waals surface area contributed by atoms with Gasteiger partial charge in [-0.3, -0.25) is 19.8 Å². The zero-order chi connectivity index (χ0) is 24.2. The van der Waals surface area contributed by atoms with Crippen molar-refractivity contribution in [2.24, 2.45) is 0 Å². The number of carbonyl (C=O) groups is 1. The van der Waals surface area contributed by atoms with Crippen LogP contribution in [-0.2, 0) is 6.54 Å². The summed E-state index contributed by atoms with van der Waals surface area (Å²) in [6.45, 7) is 3.92. The van der Waals surface area contributed by atoms with Crippen LogP contribution in [0.4, 0.5) is 15.8 Å². The zero-order valence-electron chi connectivity index (χ0n) is 18.8. The number of hydrogen-bond donors (Lipinski definition) is 0. The van der Waals surface area contributed by atoms with Crippen molar-refractivity contribution in [1.82, 2.24) is 4.90 Å². The minimum Gasteiger partial charge on any atom is -0.305 e. The van der Waals surface area contributed by atoms with Crippen molar-refractivity contribution in [3.63, 3.8) is 0 Å². The minimum atomic E-state index is -0.424. The van der Waals surface area contributed by atoms with Gasteiger partial charge in [0.15, 0.2) is 0 Å². The van der Waals surface area contributed by atoms with Gasteiger partial charge in [-0.1, -0.05) is 29.3 Å². The standard InChI is InChI=1S/C26H25ClFN3O3/c1-18-2-8-22(9-3-18)30(26(32)19-4-6-21(28)7-5-19)23-12-14-29(15-13-23)17-20-16-24(31(33)34)10-11-25(20)27/h2-11,16,23H,12-15,17H2,1H3. The van der Waals surface area contributed by atoms with Crippen molar-refractivity contribution in [3.8, 4) is 0 Å². The summed E-state index contributed by atoms with van der Waals surface area (Å²) in [6, 6.07) is 17.9. The third-order valence-corrected chi connectivity index (χ3v) is 6.55. The Morgan fingerprint density at radius 2 is 1.74 bits per heavy atom. The number of amides is 1. The largest absolute Gasteiger partial charge is 0.305 e. The highest BCUT2D eigenvalue weighted by Gasteiger charge is 2.30. The Hall–Kier alpha value is -3.29. The second kappa shape index (κ2) is 10.3. The Labute approximate surface area is 202 Å². The number of rotatable bonds is 6. The summed E-state index contributed by atoms with van der Waals surface area (Å²) in [5, 5.41) is 11.6. The normalized spacial score (nSPS) is 14.7. The highest BCUT2D eigenvalue weighted by atomic mass is 35.5. The molecule has 1 heterocycles. The Balaban J connectivity index is 1.51. The van der Waals surface area contributed by atoms with Crippen molar-refractivity contribution in [2.75, 3.05) is 18.0 Å². The topological polar surface area (TPSA) is 66.7 Å². The maximum absolute atomic E-state index is 13.5. The summed E-state index contributed by atoms with van der Waals surface area (Å²) >= 11 is 6.28. The SMILES string of the molecule is Cc1ccc(N(C(=O)c2ccc(F)cc2)C2CCN(Cc3cc([N+](=O)[O-])ccc3Cl)CC2)cc1. The molecule has 3 aromatic rings. The summed E-state index contributed by atoms with van der Waals surface area (Å²) < 4.78 is 13.4. The number of likely N-dealkylation sites (tertiary alicyclic amines) is 1. The molecule has 0 aliphatic carbocycles. The van der Waals surface area contributed by atoms with E-state index in [0.29, 0.717) is 35.8 Å². The van der Waals surface area contributed by atoms with Crippen LogP contribution in [-0.4, -0.2) is 34.9 Å². The molecule has 0 radical (unpaired) electrons. The minimum absolute atomic E-state index is 0.0183. The van der Waals surface area contributed by atoms with Crippen molar-refractivity contribution in [2.45, 2.75) is 32.4 Å². The zero-order valence-corrected chi connectivity index (χ0v) is 19.5. The van der Waals surface area contributed by atoms with E-state index in [2.05, 4.69) is 4.90 Å². The first-order chi connectivity index (χ1) is 16.3. The molecule has 176 valence electrons. The second-order valence-corrected chi connectivity index (χ2v) is 8.96. The van der Waals surface area contributed by atoms with Crippen LogP contribution in [0.25, 0.3) is 0 Å². The van der Waals surface area contributed by atoms with Crippen molar-refractivity contribution < 1.29 is 14.1 Å². The van der Waals surface area contributed by atoms with E-state index in [4.69, 9.17) is 11.6 Å². The Bertz CT molecular complexity index is 1180. The van der Waals surface area contributed by atoms with Crippen LogP contribution in [0.5, 0.6) is 0 Å². The van der Waals surface area contributed by atoms with Crippen LogP contribution in [0.3, 0.4) is 0 Å². The van der Waals surface area contributed by atoms with Gasteiger partial charge in [-0.15, -0.1) is 0 Å². The van der Waals surface area contributed by atoms with E-state index in [1.165, 1.54) is 36.4 Å². The lowest BCUT2D eigenvalue weighted by Crippen LogP contribution is -2.47. The third-order valence-electron chi connectivity index (χ3n) is 6.18. The molecule has 34 heavy (non-hydrogen) atoms. The Kier molecular flexibility index (Phi) is 7.24. The fourth-order valence-electron chi connectivity index (χ4n) is 4.30. The van der Waals surface area contributed by atoms with E-state index in [1.807, 2.05) is 36.1 Å². The Morgan fingerprint density at radius 3 is 2.35 bits per heavy atom. The number of anilines is 1. The lowest BCUT2D eigenvalue weighted by Gasteiger charge is -2.39. The van der Waals surface area contributed by atoms with Crippen molar-refractivity contribution in [3.05, 3.63) is 104 Å². The van der Waals surface area contributed by atoms with Crippen molar-refractivity contribution in [1.29, 1.82) is 0 Å². The van der Waals surface area contributed by atoms with Crippen LogP contribution in [0, 0.1) is 22.9 Å². The highest BCUT2D eigenvalue weighted by molar-refractivity contribution is 6.31. The number of halogens is 2. The second-order valence-electron chi connectivity index (χ2n) is 8.56. The summed E-state index contributed by atoms with van der Waals surface area (Å²) in [6.07, 6.45) is 1.46. The molecule has 0 aromatic heterocycles. The molecule has 0 unspecified atom stereocenters. The van der Waals surface area contributed by atoms with Gasteiger partial charge in [0.25, 0.3) is 11.6 Å². The first kappa shape index (κ1) is 23.9. The monoisotopic (exact) mass is 481 g/mol. The molecular weight excluding hydrogens is 457 g/mol. The van der Waals surface area contributed by atoms with Gasteiger partial charge in [-0.05, 0) is 67.8 Å². The van der Waals surface area contributed by atoms with Crippen LogP contribution < -0.4 is 4.90 Å². The molecule has 1 aliphatic heterocycles. The first-order valence-electron chi connectivity index (χ1n) is 11.1. The third kappa shape index (κ3) is 5.43. The Morgan fingerprint density at radius 1 is 1.09 bits per heavy atom. The van der Waals surface area contributed by atoms with E-state index in [0.717, 1.165) is 24.1 Å². The van der Waals surface area contributed by atoms with Crippen LogP contribution in [0.2, 0.25) is 5.02 Å². The van der Waals surface area contributed by atoms with E-state index in [9.17, 15) is 19.3 Å². The van der Waals surface area contributed by atoms with Crippen LogP contribution in [0.15, 0.2) is 66.7 Å². The first-order valence-corrected chi connectivity index (χ1v) is 11.5. The molecule has 0 spiro atoms. The van der Waals surface area contributed by atoms with Gasteiger partial charge in [0.1, 0.15) is 5.82 Å². The lowest BCUT2D eigenvalue weighted by atomic mass is 9.99. The van der Waals surface area contributed by atoms with Gasteiger partial charge in [0.2, 0.25) is 0 Å². The molecule has 0 atom stereocenters. The van der Waals surface area contributed by atoms with Gasteiger partial charge in [-0.2, -0.15) is 0 Å². The van der Waals surface area contributed by atoms with Gasteiger partial charge < -0.3 is 4.90 Å². The summed E-state index contributed by atoms with van der Waals surface area (Å²) in [7, 11) is 0. The molecule has 1 saturated heterocycles. The lowest BCUT2D eigenvalue weighted by molar-refractivity contribution is -0.384. The van der Waals surface area contributed by atoms with Gasteiger partial charge in [-0.25, -0.2) is 4.39 Å². The summed E-state index contributed by atoms with van der Waals surface area (Å²) in [5.41, 5.74) is 3.08. The molecule has 0 bridgehead atoms. The average Bonchev–Trinajstić information content (AvgIpc) is 2.83. The maximum atomic E-state index is 13.5. The number of nitrogens with zero attached hydrogens (tertiary/aromatic N) is 3. The number of nitro benzene ring substituents is 1. The number of benzene rings is 3. The van der Waals surface area contributed by atoms with E-state index in [-0.39, 0.29) is 23.5 Å². The molecule has 1 fully saturated rings. The molecule has 1 aliphatic rings. The van der Waals surface area contributed by atoms with E-state index in [1.54, 1.807) is 6.07 Å². The number of hydrogen-bond acceptors (Lipinski definition) is 4. The summed E-state index contributed by atoms with van der Waals surface area (Å²) in [5.74, 6) is -0.546. The fourth-order valence-corrected chi connectivity index (χ4v) is 4.48. The smallest absolute Gasteiger partial charge is 0.269 e. The molecule has 3 aromatic carbocycles. The summed E-state index contributed by atoms with van der Waals surface area (Å²) in [4.78, 5) is 28.2. The van der Waals surface area contributed by atoms with Gasteiger partial charge in [0, 0.05) is 54.1 Å². The number of carbonyl (C=O) groups excluding carboxylic acids is 1. The number of non-ortho nitro benzene ring substituents is 1. The molecule has 6 nitrogen and oxygen atoms in total. The number of aryl methyl sites for hydroxylation is 1. The van der Waals surface area contributed by atoms with E-state index < -0.39 is 4.92 Å². The number of nitro groups is 1. The molecule has 1 amide bonds. The van der Waals surface area contributed by atoms with E-state index >= 15 is 0 Å². The quantitative estimate of drug-likeness (QED) is 0.319. The number of piperidine rings is 1. The molecule has 0 N–H and O–H groups in total. The van der Waals surface area contributed by atoms with Gasteiger partial charge in [0.05, 0.1) is 4.92 Å². The maximum Gasteiger partial charge on any atom is 0.269 e. The average molecular weight is 482 g/mol. The fraction of sp³-hybridized carbons (Fsp3) is 0.269. The predicted octanol–water partition coefficient (Wildman–Crippen LogP) is 6.01. The van der Waals surface area contributed by atoms with Crippen molar-refractivity contribution >= 4 is 28.9 Å². The van der Waals surface area contributed by atoms with Crippen LogP contribution >= 0.6 is 11.6 Å². The van der Waals surface area contributed by atoms with Gasteiger partial charge >= 0.3 is 0 Å². The predicted molar refractivity (Wildman–Crippen MR) is 131 cm³/mol. The molecular formula is C26H25ClFN3O3.